The van der Waals surface area contributed by atoms with Gasteiger partial charge in [-0.3, -0.25) is 0 Å². The van der Waals surface area contributed by atoms with Crippen molar-refractivity contribution in [2.45, 2.75) is 19.9 Å². The Morgan fingerprint density at radius 2 is 1.59 bits per heavy atom. The van der Waals surface area contributed by atoms with Crippen molar-refractivity contribution < 1.29 is 4.57 Å². The second kappa shape index (κ2) is 5.77. The summed E-state index contributed by atoms with van der Waals surface area (Å²) in [6, 6.07) is 28.8. The monoisotopic (exact) mass is 390 g/mol. The second-order valence-corrected chi connectivity index (χ2v) is 12.5. The van der Waals surface area contributed by atoms with E-state index in [2.05, 4.69) is 104 Å². The van der Waals surface area contributed by atoms with Crippen LogP contribution in [0.5, 0.6) is 0 Å². The fourth-order valence-corrected chi connectivity index (χ4v) is 11.5. The third-order valence-electron chi connectivity index (χ3n) is 6.93. The number of rotatable bonds is 1. The van der Waals surface area contributed by atoms with Crippen LogP contribution in [0, 0.1) is 13.8 Å². The van der Waals surface area contributed by atoms with E-state index in [-0.39, 0.29) is 0 Å². The minimum Gasteiger partial charge on any atom is -0.201 e. The molecule has 0 saturated carbocycles. The topological polar surface area (TPSA) is 3.88 Å². The van der Waals surface area contributed by atoms with Gasteiger partial charge in [-0.05, 0) is 58.2 Å². The fraction of sp³-hybridized carbons (Fsp3) is 0.148. The van der Waals surface area contributed by atoms with Gasteiger partial charge in [0.15, 0.2) is 14.3 Å². The van der Waals surface area contributed by atoms with Crippen LogP contribution in [0.3, 0.4) is 0 Å². The van der Waals surface area contributed by atoms with E-state index >= 15 is 0 Å². The summed E-state index contributed by atoms with van der Waals surface area (Å²) in [5, 5.41) is 4.76. The summed E-state index contributed by atoms with van der Waals surface area (Å²) in [6.07, 6.45) is 2.27. The summed E-state index contributed by atoms with van der Waals surface area (Å²) >= 11 is 0. The Hall–Kier alpha value is -2.97. The van der Waals surface area contributed by atoms with Crippen LogP contribution in [-0.2, 0) is 13.1 Å². The molecule has 3 aromatic carbocycles. The van der Waals surface area contributed by atoms with Crippen LogP contribution in [0.4, 0.5) is 0 Å². The average molecular weight is 391 g/mol. The van der Waals surface area contributed by atoms with Crippen LogP contribution >= 0.6 is 0 Å². The van der Waals surface area contributed by atoms with Crippen molar-refractivity contribution in [2.75, 3.05) is 0 Å². The number of fused-ring (bicyclic) bond motifs is 5. The molecule has 0 fully saturated rings. The van der Waals surface area contributed by atoms with E-state index in [0.29, 0.717) is 0 Å². The first-order chi connectivity index (χ1) is 14.1. The van der Waals surface area contributed by atoms with E-state index in [1.807, 2.05) is 0 Å². The zero-order valence-corrected chi connectivity index (χ0v) is 18.2. The van der Waals surface area contributed by atoms with E-state index in [1.54, 1.807) is 10.4 Å². The number of benzene rings is 3. The molecule has 0 aliphatic carbocycles. The Kier molecular flexibility index (Phi) is 3.37. The van der Waals surface area contributed by atoms with E-state index in [1.165, 1.54) is 44.3 Å². The van der Waals surface area contributed by atoms with E-state index < -0.39 is 8.07 Å². The molecule has 0 spiro atoms. The first kappa shape index (κ1) is 16.9. The first-order valence-corrected chi connectivity index (χ1v) is 12.6. The Balaban J connectivity index is 1.84. The standard InChI is InChI=1S/C27H24NSi/c1-18-15-20-17-29(21-9-5-4-6-10-21)24-12-8-7-11-22(24)23-14-13-19(2)25(27(23)29)26(20)28(3)16-18/h4-16H,17H2,1-3H3/q+1. The van der Waals surface area contributed by atoms with Crippen LogP contribution in [0.15, 0.2) is 79.0 Å². The number of pyridine rings is 1. The maximum Gasteiger partial charge on any atom is 0.215 e. The quantitative estimate of drug-likeness (QED) is 0.347. The summed E-state index contributed by atoms with van der Waals surface area (Å²) in [4.78, 5) is 0. The number of nitrogens with zero attached hydrogens (tertiary/aromatic N) is 1. The van der Waals surface area contributed by atoms with Crippen LogP contribution in [-0.4, -0.2) is 8.07 Å². The van der Waals surface area contributed by atoms with Gasteiger partial charge in [0.2, 0.25) is 5.69 Å². The van der Waals surface area contributed by atoms with Crippen molar-refractivity contribution in [3.05, 3.63) is 95.7 Å². The van der Waals surface area contributed by atoms with Crippen molar-refractivity contribution in [2.24, 2.45) is 7.05 Å². The molecule has 0 radical (unpaired) electrons. The summed E-state index contributed by atoms with van der Waals surface area (Å²) in [6.45, 7) is 4.51. The smallest absolute Gasteiger partial charge is 0.201 e. The van der Waals surface area contributed by atoms with Crippen molar-refractivity contribution in [1.82, 2.24) is 0 Å². The lowest BCUT2D eigenvalue weighted by molar-refractivity contribution is -0.661. The van der Waals surface area contributed by atoms with Crippen molar-refractivity contribution in [3.63, 3.8) is 0 Å². The number of aromatic nitrogens is 1. The van der Waals surface area contributed by atoms with E-state index in [4.69, 9.17) is 0 Å². The third-order valence-corrected chi connectivity index (χ3v) is 11.9. The van der Waals surface area contributed by atoms with Crippen LogP contribution < -0.4 is 20.1 Å². The molecule has 1 nitrogen and oxygen atoms in total. The van der Waals surface area contributed by atoms with Gasteiger partial charge in [-0.1, -0.05) is 66.7 Å². The average Bonchev–Trinajstić information content (AvgIpc) is 3.02. The van der Waals surface area contributed by atoms with Crippen LogP contribution in [0.25, 0.3) is 22.4 Å². The SMILES string of the molecule is Cc1cc2c([n+](C)c1)-c1c(C)ccc3c1[Si](c1ccccc1)(C2)c1ccccc1-3. The normalized spacial score (nSPS) is 18.2. The van der Waals surface area contributed by atoms with Crippen LogP contribution in [0.1, 0.15) is 16.7 Å². The Bertz CT molecular complexity index is 1310. The lowest BCUT2D eigenvalue weighted by Crippen LogP contribution is -2.69. The highest BCUT2D eigenvalue weighted by Crippen LogP contribution is 2.40. The highest BCUT2D eigenvalue weighted by molar-refractivity contribution is 7.14. The van der Waals surface area contributed by atoms with Gasteiger partial charge < -0.3 is 0 Å². The molecule has 0 bridgehead atoms. The Morgan fingerprint density at radius 1 is 0.828 bits per heavy atom. The Morgan fingerprint density at radius 3 is 2.41 bits per heavy atom. The number of aryl methyl sites for hydroxylation is 3. The number of hydrogen-bond donors (Lipinski definition) is 0. The molecule has 6 rings (SSSR count). The van der Waals surface area contributed by atoms with Gasteiger partial charge in [-0.15, -0.1) is 0 Å². The van der Waals surface area contributed by atoms with Gasteiger partial charge in [0.1, 0.15) is 7.05 Å². The summed E-state index contributed by atoms with van der Waals surface area (Å²) in [5.41, 5.74) is 10.0. The van der Waals surface area contributed by atoms with E-state index in [0.717, 1.165) is 6.04 Å². The second-order valence-electron chi connectivity index (χ2n) is 8.68. The van der Waals surface area contributed by atoms with Gasteiger partial charge in [-0.2, -0.15) is 0 Å². The molecular weight excluding hydrogens is 366 g/mol. The van der Waals surface area contributed by atoms with Crippen molar-refractivity contribution >= 4 is 23.6 Å². The van der Waals surface area contributed by atoms with Gasteiger partial charge in [0, 0.05) is 16.7 Å². The molecule has 3 heterocycles. The van der Waals surface area contributed by atoms with Crippen molar-refractivity contribution in [1.29, 1.82) is 0 Å². The molecule has 1 unspecified atom stereocenters. The molecule has 29 heavy (non-hydrogen) atoms. The molecule has 2 aliphatic rings. The summed E-state index contributed by atoms with van der Waals surface area (Å²) in [7, 11) is 0.0888. The molecule has 2 aliphatic heterocycles. The zero-order chi connectivity index (χ0) is 19.8. The highest BCUT2D eigenvalue weighted by Gasteiger charge is 2.53. The molecule has 1 aromatic heterocycles. The first-order valence-electron chi connectivity index (χ1n) is 10.4. The minimum atomic E-state index is -2.12. The molecule has 0 amide bonds. The molecule has 2 heteroatoms. The van der Waals surface area contributed by atoms with Gasteiger partial charge in [0.05, 0.1) is 0 Å². The summed E-state index contributed by atoms with van der Waals surface area (Å²) < 4.78 is 2.36. The maximum atomic E-state index is 2.43. The molecular formula is C27H24NSi+. The summed E-state index contributed by atoms with van der Waals surface area (Å²) in [5.74, 6) is 0. The molecule has 140 valence electrons. The third kappa shape index (κ3) is 2.07. The lowest BCUT2D eigenvalue weighted by atomic mass is 9.95. The van der Waals surface area contributed by atoms with Crippen LogP contribution in [0.2, 0.25) is 0 Å². The molecule has 4 aromatic rings. The Labute approximate surface area is 173 Å². The van der Waals surface area contributed by atoms with E-state index in [9.17, 15) is 0 Å². The maximum absolute atomic E-state index is 2.43. The number of hydrogen-bond acceptors (Lipinski definition) is 0. The molecule has 1 atom stereocenters. The zero-order valence-electron chi connectivity index (χ0n) is 17.2. The fourth-order valence-electron chi connectivity index (χ4n) is 5.95. The minimum absolute atomic E-state index is 1.14. The lowest BCUT2D eigenvalue weighted by Gasteiger charge is -2.36. The molecule has 0 N–H and O–H groups in total. The van der Waals surface area contributed by atoms with Gasteiger partial charge in [-0.25, -0.2) is 4.57 Å². The highest BCUT2D eigenvalue weighted by atomic mass is 28.3. The van der Waals surface area contributed by atoms with Gasteiger partial charge >= 0.3 is 0 Å². The predicted molar refractivity (Wildman–Crippen MR) is 123 cm³/mol. The molecule has 0 saturated heterocycles. The van der Waals surface area contributed by atoms with Gasteiger partial charge in [0.25, 0.3) is 0 Å². The predicted octanol–water partition coefficient (Wildman–Crippen LogP) is 3.34. The van der Waals surface area contributed by atoms with Crippen molar-refractivity contribution in [3.8, 4) is 22.4 Å². The largest absolute Gasteiger partial charge is 0.215 e.